The molecule has 0 aliphatic rings. The van der Waals surface area contributed by atoms with E-state index in [2.05, 4.69) is 5.10 Å². The lowest BCUT2D eigenvalue weighted by molar-refractivity contribution is 0.154. The van der Waals surface area contributed by atoms with E-state index in [-0.39, 0.29) is 12.1 Å². The molecule has 2 heterocycles. The van der Waals surface area contributed by atoms with Gasteiger partial charge in [0.15, 0.2) is 0 Å². The summed E-state index contributed by atoms with van der Waals surface area (Å²) in [5.41, 5.74) is 6.17. The number of aliphatic hydroxyl groups excluding tert-OH is 1. The molecule has 142 valence electrons. The van der Waals surface area contributed by atoms with Crippen LogP contribution in [0, 0.1) is 20.8 Å². The molecule has 0 fully saturated rings. The standard InChI is InChI=1S/C23H23N3O2/c1-15-5-8-18(9-6-15)20-13-21-23(28)25(10-11-26(21)24-20)14-22(27)19-12-16(2)4-7-17(19)3/h4-13,22,27H,14H2,1-3H3. The molecular weight excluding hydrogens is 350 g/mol. The lowest BCUT2D eigenvalue weighted by atomic mass is 10.0. The van der Waals surface area contributed by atoms with Crippen LogP contribution in [0.25, 0.3) is 16.8 Å². The third-order valence-electron chi connectivity index (χ3n) is 5.11. The molecule has 4 rings (SSSR count). The maximum Gasteiger partial charge on any atom is 0.276 e. The van der Waals surface area contributed by atoms with Crippen LogP contribution in [0.2, 0.25) is 0 Å². The Kier molecular flexibility index (Phi) is 4.61. The second-order valence-corrected chi connectivity index (χ2v) is 7.36. The summed E-state index contributed by atoms with van der Waals surface area (Å²) in [5.74, 6) is 0. The molecule has 0 spiro atoms. The molecule has 2 aromatic carbocycles. The van der Waals surface area contributed by atoms with Gasteiger partial charge in [-0.3, -0.25) is 4.79 Å². The van der Waals surface area contributed by atoms with Gasteiger partial charge in [-0.15, -0.1) is 0 Å². The molecular formula is C23H23N3O2. The predicted molar refractivity (Wildman–Crippen MR) is 111 cm³/mol. The van der Waals surface area contributed by atoms with Gasteiger partial charge in [0.05, 0.1) is 18.3 Å². The van der Waals surface area contributed by atoms with E-state index >= 15 is 0 Å². The molecule has 5 heteroatoms. The van der Waals surface area contributed by atoms with Crippen LogP contribution in [-0.2, 0) is 6.54 Å². The summed E-state index contributed by atoms with van der Waals surface area (Å²) in [5, 5.41) is 15.2. The molecule has 0 aliphatic carbocycles. The highest BCUT2D eigenvalue weighted by molar-refractivity contribution is 5.65. The highest BCUT2D eigenvalue weighted by Crippen LogP contribution is 2.21. The van der Waals surface area contributed by atoms with Gasteiger partial charge in [-0.1, -0.05) is 53.6 Å². The van der Waals surface area contributed by atoms with E-state index in [9.17, 15) is 9.90 Å². The van der Waals surface area contributed by atoms with Crippen LogP contribution in [0.4, 0.5) is 0 Å². The fourth-order valence-corrected chi connectivity index (χ4v) is 3.44. The quantitative estimate of drug-likeness (QED) is 0.592. The SMILES string of the molecule is Cc1ccc(-c2cc3c(=O)n(CC(O)c4cc(C)ccc4C)ccn3n2)cc1. The highest BCUT2D eigenvalue weighted by Gasteiger charge is 2.15. The summed E-state index contributed by atoms with van der Waals surface area (Å²) in [6.45, 7) is 6.19. The number of fused-ring (bicyclic) bond motifs is 1. The van der Waals surface area contributed by atoms with E-state index < -0.39 is 6.10 Å². The molecule has 1 unspecified atom stereocenters. The maximum atomic E-state index is 12.9. The van der Waals surface area contributed by atoms with Crippen LogP contribution in [0.15, 0.2) is 65.7 Å². The number of aromatic nitrogens is 3. The largest absolute Gasteiger partial charge is 0.387 e. The zero-order valence-electron chi connectivity index (χ0n) is 16.3. The second kappa shape index (κ2) is 7.09. The van der Waals surface area contributed by atoms with Gasteiger partial charge in [-0.05, 0) is 38.0 Å². The average Bonchev–Trinajstić information content (AvgIpc) is 3.11. The first-order valence-corrected chi connectivity index (χ1v) is 9.33. The van der Waals surface area contributed by atoms with Crippen LogP contribution < -0.4 is 5.56 Å². The van der Waals surface area contributed by atoms with Gasteiger partial charge in [0.25, 0.3) is 5.56 Å². The number of hydrogen-bond donors (Lipinski definition) is 1. The highest BCUT2D eigenvalue weighted by atomic mass is 16.3. The van der Waals surface area contributed by atoms with Crippen molar-refractivity contribution in [2.24, 2.45) is 0 Å². The van der Waals surface area contributed by atoms with Gasteiger partial charge in [-0.25, -0.2) is 4.52 Å². The first kappa shape index (κ1) is 18.2. The van der Waals surface area contributed by atoms with Crippen molar-refractivity contribution < 1.29 is 5.11 Å². The Bertz CT molecular complexity index is 1200. The molecule has 5 nitrogen and oxygen atoms in total. The van der Waals surface area contributed by atoms with Crippen molar-refractivity contribution in [1.29, 1.82) is 0 Å². The van der Waals surface area contributed by atoms with E-state index in [1.54, 1.807) is 27.5 Å². The summed E-state index contributed by atoms with van der Waals surface area (Å²) >= 11 is 0. The van der Waals surface area contributed by atoms with Crippen molar-refractivity contribution in [1.82, 2.24) is 14.2 Å². The van der Waals surface area contributed by atoms with Gasteiger partial charge in [0, 0.05) is 18.0 Å². The average molecular weight is 373 g/mol. The van der Waals surface area contributed by atoms with E-state index in [0.717, 1.165) is 27.9 Å². The predicted octanol–water partition coefficient (Wildman–Crippen LogP) is 3.82. The monoisotopic (exact) mass is 373 g/mol. The normalized spacial score (nSPS) is 12.4. The van der Waals surface area contributed by atoms with Crippen molar-refractivity contribution in [3.8, 4) is 11.3 Å². The van der Waals surface area contributed by atoms with Gasteiger partial charge < -0.3 is 9.67 Å². The van der Waals surface area contributed by atoms with E-state index in [0.29, 0.717) is 5.52 Å². The van der Waals surface area contributed by atoms with Crippen molar-refractivity contribution in [3.05, 3.63) is 93.5 Å². The van der Waals surface area contributed by atoms with Crippen molar-refractivity contribution >= 4 is 5.52 Å². The minimum absolute atomic E-state index is 0.169. The molecule has 1 N–H and O–H groups in total. The Hall–Kier alpha value is -3.18. The molecule has 28 heavy (non-hydrogen) atoms. The Labute approximate surface area is 163 Å². The summed E-state index contributed by atoms with van der Waals surface area (Å²) in [6, 6.07) is 15.8. The van der Waals surface area contributed by atoms with Crippen molar-refractivity contribution in [2.45, 2.75) is 33.4 Å². The smallest absolute Gasteiger partial charge is 0.276 e. The lowest BCUT2D eigenvalue weighted by Crippen LogP contribution is -2.24. The number of rotatable bonds is 4. The van der Waals surface area contributed by atoms with Crippen LogP contribution in [0.3, 0.4) is 0 Å². The number of benzene rings is 2. The Balaban J connectivity index is 1.69. The van der Waals surface area contributed by atoms with Crippen LogP contribution in [0.5, 0.6) is 0 Å². The third-order valence-corrected chi connectivity index (χ3v) is 5.11. The van der Waals surface area contributed by atoms with Crippen LogP contribution in [-0.4, -0.2) is 19.3 Å². The van der Waals surface area contributed by atoms with Crippen LogP contribution in [0.1, 0.15) is 28.4 Å². The summed E-state index contributed by atoms with van der Waals surface area (Å²) in [7, 11) is 0. The number of hydrogen-bond acceptors (Lipinski definition) is 3. The van der Waals surface area contributed by atoms with Gasteiger partial charge in [0.1, 0.15) is 5.52 Å². The molecule has 0 amide bonds. The van der Waals surface area contributed by atoms with Gasteiger partial charge in [-0.2, -0.15) is 5.10 Å². The van der Waals surface area contributed by atoms with E-state index in [4.69, 9.17) is 0 Å². The molecule has 0 bridgehead atoms. The number of nitrogens with zero attached hydrogens (tertiary/aromatic N) is 3. The molecule has 1 atom stereocenters. The van der Waals surface area contributed by atoms with E-state index in [1.807, 2.05) is 63.2 Å². The zero-order chi connectivity index (χ0) is 19.8. The van der Waals surface area contributed by atoms with Gasteiger partial charge >= 0.3 is 0 Å². The number of aryl methyl sites for hydroxylation is 3. The Morgan fingerprint density at radius 2 is 1.68 bits per heavy atom. The fraction of sp³-hybridized carbons (Fsp3) is 0.217. The summed E-state index contributed by atoms with van der Waals surface area (Å²) < 4.78 is 3.14. The number of aliphatic hydroxyl groups is 1. The topological polar surface area (TPSA) is 59.5 Å². The molecule has 0 saturated carbocycles. The second-order valence-electron chi connectivity index (χ2n) is 7.36. The molecule has 0 saturated heterocycles. The zero-order valence-corrected chi connectivity index (χ0v) is 16.3. The Morgan fingerprint density at radius 3 is 2.43 bits per heavy atom. The fourth-order valence-electron chi connectivity index (χ4n) is 3.44. The maximum absolute atomic E-state index is 12.9. The lowest BCUT2D eigenvalue weighted by Gasteiger charge is -2.16. The Morgan fingerprint density at radius 1 is 0.964 bits per heavy atom. The van der Waals surface area contributed by atoms with Crippen molar-refractivity contribution in [2.75, 3.05) is 0 Å². The molecule has 0 radical (unpaired) electrons. The first-order valence-electron chi connectivity index (χ1n) is 9.33. The van der Waals surface area contributed by atoms with E-state index in [1.165, 1.54) is 5.56 Å². The minimum Gasteiger partial charge on any atom is -0.387 e. The molecule has 4 aromatic rings. The summed E-state index contributed by atoms with van der Waals surface area (Å²) in [6.07, 6.45) is 2.68. The van der Waals surface area contributed by atoms with Crippen LogP contribution >= 0.6 is 0 Å². The molecule has 2 aromatic heterocycles. The third kappa shape index (κ3) is 3.37. The van der Waals surface area contributed by atoms with Gasteiger partial charge in [0.2, 0.25) is 0 Å². The summed E-state index contributed by atoms with van der Waals surface area (Å²) in [4.78, 5) is 12.9. The molecule has 0 aliphatic heterocycles. The van der Waals surface area contributed by atoms with Crippen molar-refractivity contribution in [3.63, 3.8) is 0 Å². The minimum atomic E-state index is -0.750. The first-order chi connectivity index (χ1) is 13.4.